The van der Waals surface area contributed by atoms with Crippen molar-refractivity contribution in [1.82, 2.24) is 4.90 Å². The molecule has 1 aromatic rings. The first kappa shape index (κ1) is 16.0. The molecule has 1 aliphatic carbocycles. The van der Waals surface area contributed by atoms with Crippen LogP contribution in [0.15, 0.2) is 24.3 Å². The standard InChI is InChI=1S/C17H27N3O/c1-13(2)20(12-15-3-4-15)10-9-17(21)19-16-7-5-14(11-18)6-8-16/h5-8,13,15H,3-4,9-12,18H2,1-2H3,(H,19,21). The Hall–Kier alpha value is -1.39. The smallest absolute Gasteiger partial charge is 0.225 e. The van der Waals surface area contributed by atoms with Gasteiger partial charge in [-0.3, -0.25) is 4.79 Å². The normalized spacial score (nSPS) is 14.7. The summed E-state index contributed by atoms with van der Waals surface area (Å²) >= 11 is 0. The lowest BCUT2D eigenvalue weighted by atomic mass is 10.2. The van der Waals surface area contributed by atoms with Crippen LogP contribution < -0.4 is 11.1 Å². The van der Waals surface area contributed by atoms with Gasteiger partial charge in [-0.2, -0.15) is 0 Å². The Morgan fingerprint density at radius 1 is 1.33 bits per heavy atom. The summed E-state index contributed by atoms with van der Waals surface area (Å²) in [6.45, 7) is 6.90. The van der Waals surface area contributed by atoms with E-state index < -0.39 is 0 Å². The van der Waals surface area contributed by atoms with Crippen molar-refractivity contribution in [3.05, 3.63) is 29.8 Å². The summed E-state index contributed by atoms with van der Waals surface area (Å²) in [4.78, 5) is 14.4. The van der Waals surface area contributed by atoms with Crippen LogP contribution in [0, 0.1) is 5.92 Å². The minimum atomic E-state index is 0.0805. The fourth-order valence-corrected chi connectivity index (χ4v) is 2.39. The zero-order valence-electron chi connectivity index (χ0n) is 13.1. The lowest BCUT2D eigenvalue weighted by molar-refractivity contribution is -0.116. The number of hydrogen-bond donors (Lipinski definition) is 2. The quantitative estimate of drug-likeness (QED) is 0.773. The van der Waals surface area contributed by atoms with Gasteiger partial charge in [0, 0.05) is 37.8 Å². The average Bonchev–Trinajstić information content (AvgIpc) is 3.28. The van der Waals surface area contributed by atoms with Crippen LogP contribution in [0.1, 0.15) is 38.7 Å². The number of rotatable bonds is 8. The summed E-state index contributed by atoms with van der Waals surface area (Å²) in [6.07, 6.45) is 3.25. The number of nitrogens with one attached hydrogen (secondary N) is 1. The first-order valence-electron chi connectivity index (χ1n) is 7.91. The maximum Gasteiger partial charge on any atom is 0.225 e. The predicted molar refractivity (Wildman–Crippen MR) is 87.0 cm³/mol. The van der Waals surface area contributed by atoms with E-state index in [0.29, 0.717) is 19.0 Å². The van der Waals surface area contributed by atoms with E-state index >= 15 is 0 Å². The van der Waals surface area contributed by atoms with Gasteiger partial charge >= 0.3 is 0 Å². The Morgan fingerprint density at radius 2 is 2.00 bits per heavy atom. The predicted octanol–water partition coefficient (Wildman–Crippen LogP) is 2.59. The molecule has 3 N–H and O–H groups in total. The number of anilines is 1. The summed E-state index contributed by atoms with van der Waals surface area (Å²) in [5.41, 5.74) is 7.48. The van der Waals surface area contributed by atoms with Crippen LogP contribution in [0.5, 0.6) is 0 Å². The van der Waals surface area contributed by atoms with Crippen LogP contribution in [0.25, 0.3) is 0 Å². The lowest BCUT2D eigenvalue weighted by Gasteiger charge is -2.26. The second-order valence-corrected chi connectivity index (χ2v) is 6.23. The molecule has 1 saturated carbocycles. The molecule has 0 aromatic heterocycles. The minimum absolute atomic E-state index is 0.0805. The van der Waals surface area contributed by atoms with Crippen molar-refractivity contribution in [1.29, 1.82) is 0 Å². The van der Waals surface area contributed by atoms with Gasteiger partial charge in [-0.15, -0.1) is 0 Å². The van der Waals surface area contributed by atoms with E-state index in [-0.39, 0.29) is 5.91 Å². The van der Waals surface area contributed by atoms with E-state index in [4.69, 9.17) is 5.73 Å². The zero-order chi connectivity index (χ0) is 15.2. The van der Waals surface area contributed by atoms with E-state index in [1.54, 1.807) is 0 Å². The summed E-state index contributed by atoms with van der Waals surface area (Å²) in [6, 6.07) is 8.21. The van der Waals surface area contributed by atoms with Crippen molar-refractivity contribution < 1.29 is 4.79 Å². The van der Waals surface area contributed by atoms with Gasteiger partial charge in [0.2, 0.25) is 5.91 Å². The fourth-order valence-electron chi connectivity index (χ4n) is 2.39. The molecule has 0 bridgehead atoms. The first-order chi connectivity index (χ1) is 10.1. The van der Waals surface area contributed by atoms with Crippen molar-refractivity contribution in [2.45, 2.75) is 45.7 Å². The topological polar surface area (TPSA) is 58.4 Å². The third-order valence-electron chi connectivity index (χ3n) is 4.02. The third-order valence-corrected chi connectivity index (χ3v) is 4.02. The molecule has 0 saturated heterocycles. The van der Waals surface area contributed by atoms with Gasteiger partial charge in [0.1, 0.15) is 0 Å². The van der Waals surface area contributed by atoms with Gasteiger partial charge < -0.3 is 16.0 Å². The van der Waals surface area contributed by atoms with Crippen molar-refractivity contribution >= 4 is 11.6 Å². The highest BCUT2D eigenvalue weighted by atomic mass is 16.1. The number of carbonyl (C=O) groups is 1. The molecule has 4 nitrogen and oxygen atoms in total. The van der Waals surface area contributed by atoms with Crippen molar-refractivity contribution in [2.24, 2.45) is 11.7 Å². The summed E-state index contributed by atoms with van der Waals surface area (Å²) in [7, 11) is 0. The van der Waals surface area contributed by atoms with E-state index in [1.165, 1.54) is 12.8 Å². The maximum atomic E-state index is 12.0. The van der Waals surface area contributed by atoms with Crippen LogP contribution in [0.2, 0.25) is 0 Å². The Kier molecular flexibility index (Phi) is 5.76. The van der Waals surface area contributed by atoms with Gasteiger partial charge in [-0.05, 0) is 50.3 Å². The average molecular weight is 289 g/mol. The highest BCUT2D eigenvalue weighted by Gasteiger charge is 2.25. The molecule has 0 heterocycles. The monoisotopic (exact) mass is 289 g/mol. The van der Waals surface area contributed by atoms with Gasteiger partial charge in [0.25, 0.3) is 0 Å². The van der Waals surface area contributed by atoms with Crippen LogP contribution in [-0.2, 0) is 11.3 Å². The molecule has 116 valence electrons. The molecule has 0 atom stereocenters. The number of hydrogen-bond acceptors (Lipinski definition) is 3. The Morgan fingerprint density at radius 3 is 2.52 bits per heavy atom. The van der Waals surface area contributed by atoms with Crippen LogP contribution in [0.3, 0.4) is 0 Å². The Balaban J connectivity index is 1.76. The highest BCUT2D eigenvalue weighted by Crippen LogP contribution is 2.30. The molecular weight excluding hydrogens is 262 g/mol. The molecule has 1 amide bonds. The summed E-state index contributed by atoms with van der Waals surface area (Å²) in [5, 5.41) is 2.95. The number of carbonyl (C=O) groups excluding carboxylic acids is 1. The molecule has 1 fully saturated rings. The van der Waals surface area contributed by atoms with Crippen LogP contribution in [-0.4, -0.2) is 29.9 Å². The van der Waals surface area contributed by atoms with Crippen molar-refractivity contribution in [3.8, 4) is 0 Å². The molecule has 2 rings (SSSR count). The second-order valence-electron chi connectivity index (χ2n) is 6.23. The maximum absolute atomic E-state index is 12.0. The van der Waals surface area contributed by atoms with Gasteiger partial charge in [0.05, 0.1) is 0 Å². The molecule has 0 spiro atoms. The molecule has 21 heavy (non-hydrogen) atoms. The van der Waals surface area contributed by atoms with E-state index in [0.717, 1.165) is 30.3 Å². The van der Waals surface area contributed by atoms with Crippen LogP contribution >= 0.6 is 0 Å². The third kappa shape index (κ3) is 5.48. The molecule has 0 aliphatic heterocycles. The van der Waals surface area contributed by atoms with Gasteiger partial charge in [-0.25, -0.2) is 0 Å². The summed E-state index contributed by atoms with van der Waals surface area (Å²) < 4.78 is 0. The molecule has 0 radical (unpaired) electrons. The highest BCUT2D eigenvalue weighted by molar-refractivity contribution is 5.90. The number of nitrogens with two attached hydrogens (primary N) is 1. The molecule has 1 aromatic carbocycles. The van der Waals surface area contributed by atoms with Gasteiger partial charge in [0.15, 0.2) is 0 Å². The van der Waals surface area contributed by atoms with Gasteiger partial charge in [-0.1, -0.05) is 12.1 Å². The fraction of sp³-hybridized carbons (Fsp3) is 0.588. The molecular formula is C17H27N3O. The Bertz CT molecular complexity index is 452. The second kappa shape index (κ2) is 7.57. The molecule has 1 aliphatic rings. The van der Waals surface area contributed by atoms with Crippen molar-refractivity contribution in [2.75, 3.05) is 18.4 Å². The van der Waals surface area contributed by atoms with E-state index in [9.17, 15) is 4.79 Å². The SMILES string of the molecule is CC(C)N(CCC(=O)Nc1ccc(CN)cc1)CC1CC1. The largest absolute Gasteiger partial charge is 0.326 e. The zero-order valence-corrected chi connectivity index (χ0v) is 13.1. The molecule has 4 heteroatoms. The van der Waals surface area contributed by atoms with Crippen molar-refractivity contribution in [3.63, 3.8) is 0 Å². The van der Waals surface area contributed by atoms with E-state index in [1.807, 2.05) is 24.3 Å². The molecule has 0 unspecified atom stereocenters. The number of amides is 1. The van der Waals surface area contributed by atoms with Crippen LogP contribution in [0.4, 0.5) is 5.69 Å². The number of benzene rings is 1. The number of nitrogens with zero attached hydrogens (tertiary/aromatic N) is 1. The van der Waals surface area contributed by atoms with E-state index in [2.05, 4.69) is 24.1 Å². The summed E-state index contributed by atoms with van der Waals surface area (Å²) in [5.74, 6) is 0.941. The Labute approximate surface area is 127 Å². The first-order valence-corrected chi connectivity index (χ1v) is 7.91. The minimum Gasteiger partial charge on any atom is -0.326 e. The lowest BCUT2D eigenvalue weighted by Crippen LogP contribution is -2.35.